The number of carbonyl (C=O) groups excluding carboxylic acids is 1. The second-order valence-corrected chi connectivity index (χ2v) is 10.1. The minimum atomic E-state index is -5.08. The van der Waals surface area contributed by atoms with Crippen molar-refractivity contribution in [2.45, 2.75) is 74.4 Å². The molecule has 1 aromatic heterocycles. The van der Waals surface area contributed by atoms with Crippen molar-refractivity contribution in [1.82, 2.24) is 10.6 Å². The van der Waals surface area contributed by atoms with Crippen molar-refractivity contribution >= 4 is 33.8 Å². The lowest BCUT2D eigenvalue weighted by molar-refractivity contribution is -0.192. The van der Waals surface area contributed by atoms with E-state index in [1.165, 1.54) is 12.1 Å². The van der Waals surface area contributed by atoms with E-state index in [1.807, 2.05) is 18.2 Å². The molecular weight excluding hydrogens is 544 g/mol. The molecule has 2 aromatic carbocycles. The number of benzene rings is 2. The predicted molar refractivity (Wildman–Crippen MR) is 131 cm³/mol. The van der Waals surface area contributed by atoms with Crippen molar-refractivity contribution < 1.29 is 45.5 Å². The predicted octanol–water partition coefficient (Wildman–Crippen LogP) is 6.29. The van der Waals surface area contributed by atoms with Gasteiger partial charge in [-0.3, -0.25) is 10.1 Å². The van der Waals surface area contributed by atoms with Crippen LogP contribution in [-0.2, 0) is 9.59 Å². The summed E-state index contributed by atoms with van der Waals surface area (Å²) in [7, 11) is 0. The number of fused-ring (bicyclic) bond motifs is 3. The van der Waals surface area contributed by atoms with E-state index < -0.39 is 41.3 Å². The number of hydrogen-bond acceptors (Lipinski definition) is 5. The van der Waals surface area contributed by atoms with Gasteiger partial charge in [-0.15, -0.1) is 0 Å². The average Bonchev–Trinajstić information content (AvgIpc) is 3.57. The molecule has 2 saturated carbocycles. The van der Waals surface area contributed by atoms with Gasteiger partial charge in [0.2, 0.25) is 5.91 Å². The van der Waals surface area contributed by atoms with E-state index in [1.54, 1.807) is 12.1 Å². The van der Waals surface area contributed by atoms with Crippen molar-refractivity contribution in [2.75, 3.05) is 0 Å². The van der Waals surface area contributed by atoms with E-state index in [-0.39, 0.29) is 5.56 Å². The fourth-order valence-electron chi connectivity index (χ4n) is 4.87. The zero-order valence-electron chi connectivity index (χ0n) is 21.0. The molecule has 1 amide bonds. The van der Waals surface area contributed by atoms with Gasteiger partial charge in [0.25, 0.3) is 0 Å². The zero-order valence-corrected chi connectivity index (χ0v) is 21.0. The van der Waals surface area contributed by atoms with Crippen LogP contribution >= 0.6 is 0 Å². The molecule has 13 heteroatoms. The number of aliphatic carboxylic acids is 1. The molecule has 214 valence electrons. The van der Waals surface area contributed by atoms with Crippen LogP contribution in [-0.4, -0.2) is 40.4 Å². The molecule has 3 aromatic rings. The number of nitrogens with zero attached hydrogens (tertiary/aromatic N) is 1. The molecule has 1 unspecified atom stereocenters. The Hall–Kier alpha value is -3.79. The molecule has 1 atom stereocenters. The van der Waals surface area contributed by atoms with Crippen molar-refractivity contribution in [3.8, 4) is 6.07 Å². The smallest absolute Gasteiger partial charge is 0.475 e. The summed E-state index contributed by atoms with van der Waals surface area (Å²) in [6.45, 7) is 0. The molecule has 3 N–H and O–H groups in total. The summed E-state index contributed by atoms with van der Waals surface area (Å²) < 4.78 is 80.5. The Morgan fingerprint density at radius 3 is 2.08 bits per heavy atom. The Balaban J connectivity index is 0.000000470. The summed E-state index contributed by atoms with van der Waals surface area (Å²) >= 11 is 0. The van der Waals surface area contributed by atoms with Gasteiger partial charge in [0.1, 0.15) is 22.7 Å². The van der Waals surface area contributed by atoms with E-state index in [4.69, 9.17) is 14.3 Å². The van der Waals surface area contributed by atoms with Gasteiger partial charge < -0.3 is 14.8 Å². The minimum Gasteiger partial charge on any atom is -0.475 e. The van der Waals surface area contributed by atoms with Crippen LogP contribution in [0, 0.1) is 11.3 Å². The minimum absolute atomic E-state index is 0.00628. The third kappa shape index (κ3) is 6.17. The number of carboxylic acids is 1. The number of amides is 1. The number of para-hydroxylation sites is 1. The van der Waals surface area contributed by atoms with Crippen molar-refractivity contribution in [1.29, 1.82) is 5.26 Å². The lowest BCUT2D eigenvalue weighted by Gasteiger charge is -2.40. The molecule has 7 nitrogen and oxygen atoms in total. The van der Waals surface area contributed by atoms with Crippen LogP contribution in [0.1, 0.15) is 56.6 Å². The van der Waals surface area contributed by atoms with E-state index in [2.05, 4.69) is 16.7 Å². The number of halogens is 6. The van der Waals surface area contributed by atoms with Gasteiger partial charge in [0.15, 0.2) is 0 Å². The fraction of sp³-hybridized carbons (Fsp3) is 0.444. The quantitative estimate of drug-likeness (QED) is 0.311. The maximum absolute atomic E-state index is 14.3. The summed E-state index contributed by atoms with van der Waals surface area (Å²) in [6, 6.07) is 11.8. The van der Waals surface area contributed by atoms with Gasteiger partial charge in [0, 0.05) is 10.8 Å². The van der Waals surface area contributed by atoms with Gasteiger partial charge >= 0.3 is 18.3 Å². The SMILES string of the molecule is N#CC1(NC(=O)C2(NC(c3ccc4c(c3)oc3ccccc34)C(F)(F)F)CCCCC2)CC1.O=C(O)C(F)(F)F. The summed E-state index contributed by atoms with van der Waals surface area (Å²) in [5.74, 6) is -3.27. The molecule has 0 saturated heterocycles. The zero-order chi connectivity index (χ0) is 29.3. The standard InChI is InChI=1S/C25H24F3N3O2.C2HF3O2/c26-25(27,28)21(16-8-9-18-17-6-2-3-7-19(17)33-20(18)14-16)30-24(10-4-1-5-11-24)22(32)31-23(15-29)12-13-23;3-2(4,5)1(6)7/h2-3,6-9,14,21,30H,1,4-5,10-13H2,(H,31,32);(H,6,7). The molecule has 0 bridgehead atoms. The second kappa shape index (κ2) is 10.6. The highest BCUT2D eigenvalue weighted by molar-refractivity contribution is 6.04. The highest BCUT2D eigenvalue weighted by atomic mass is 19.4. The average molecular weight is 570 g/mol. The number of carboxylic acid groups (broad SMARTS) is 1. The number of nitriles is 1. The van der Waals surface area contributed by atoms with E-state index >= 15 is 0 Å². The summed E-state index contributed by atoms with van der Waals surface area (Å²) in [5.41, 5.74) is -1.35. The molecule has 2 aliphatic carbocycles. The largest absolute Gasteiger partial charge is 0.490 e. The van der Waals surface area contributed by atoms with Crippen molar-refractivity contribution in [3.63, 3.8) is 0 Å². The van der Waals surface area contributed by atoms with Crippen molar-refractivity contribution in [2.24, 2.45) is 0 Å². The molecule has 0 spiro atoms. The van der Waals surface area contributed by atoms with Crippen molar-refractivity contribution in [3.05, 3.63) is 48.0 Å². The maximum atomic E-state index is 14.3. The first-order valence-corrected chi connectivity index (χ1v) is 12.5. The van der Waals surface area contributed by atoms with Crippen LogP contribution in [0.5, 0.6) is 0 Å². The van der Waals surface area contributed by atoms with Gasteiger partial charge in [-0.05, 0) is 43.4 Å². The first-order valence-electron chi connectivity index (χ1n) is 12.5. The van der Waals surface area contributed by atoms with Crippen LogP contribution in [0.15, 0.2) is 46.9 Å². The summed E-state index contributed by atoms with van der Waals surface area (Å²) in [4.78, 5) is 22.1. The van der Waals surface area contributed by atoms with Crippen LogP contribution in [0.3, 0.4) is 0 Å². The number of alkyl halides is 6. The second-order valence-electron chi connectivity index (χ2n) is 10.1. The molecule has 0 radical (unpaired) electrons. The lowest BCUT2D eigenvalue weighted by Crippen LogP contribution is -2.62. The Morgan fingerprint density at radius 1 is 0.925 bits per heavy atom. The highest BCUT2D eigenvalue weighted by Crippen LogP contribution is 2.41. The summed E-state index contributed by atoms with van der Waals surface area (Å²) in [6.07, 6.45) is -5.92. The summed E-state index contributed by atoms with van der Waals surface area (Å²) in [5, 5.41) is 23.5. The van der Waals surface area contributed by atoms with E-state index in [0.29, 0.717) is 49.7 Å². The van der Waals surface area contributed by atoms with Gasteiger partial charge in [0.05, 0.1) is 11.6 Å². The van der Waals surface area contributed by atoms with Crippen LogP contribution < -0.4 is 10.6 Å². The Morgan fingerprint density at radius 2 is 1.52 bits per heavy atom. The molecule has 40 heavy (non-hydrogen) atoms. The molecular formula is C27H25F6N3O4. The van der Waals surface area contributed by atoms with E-state index in [0.717, 1.165) is 17.2 Å². The maximum Gasteiger partial charge on any atom is 0.490 e. The van der Waals surface area contributed by atoms with Crippen LogP contribution in [0.2, 0.25) is 0 Å². The first-order chi connectivity index (χ1) is 18.7. The Labute approximate surface area is 224 Å². The number of furan rings is 1. The van der Waals surface area contributed by atoms with Gasteiger partial charge in [-0.25, -0.2) is 4.79 Å². The topological polar surface area (TPSA) is 115 Å². The Bertz CT molecular complexity index is 1450. The number of hydrogen-bond donors (Lipinski definition) is 3. The normalized spacial score (nSPS) is 18.7. The molecule has 2 aliphatic rings. The third-order valence-electron chi connectivity index (χ3n) is 7.19. The van der Waals surface area contributed by atoms with Crippen LogP contribution in [0.4, 0.5) is 26.3 Å². The molecule has 0 aliphatic heterocycles. The third-order valence-corrected chi connectivity index (χ3v) is 7.19. The fourth-order valence-corrected chi connectivity index (χ4v) is 4.87. The molecule has 1 heterocycles. The lowest BCUT2D eigenvalue weighted by atomic mass is 9.79. The number of carbonyl (C=O) groups is 2. The van der Waals surface area contributed by atoms with Gasteiger partial charge in [-0.2, -0.15) is 31.6 Å². The molecule has 5 rings (SSSR count). The van der Waals surface area contributed by atoms with E-state index in [9.17, 15) is 36.4 Å². The van der Waals surface area contributed by atoms with Crippen LogP contribution in [0.25, 0.3) is 21.9 Å². The Kier molecular flexibility index (Phi) is 7.77. The van der Waals surface area contributed by atoms with Gasteiger partial charge in [-0.1, -0.05) is 49.6 Å². The highest BCUT2D eigenvalue weighted by Gasteiger charge is 2.53. The number of rotatable bonds is 5. The molecule has 2 fully saturated rings. The number of nitrogens with one attached hydrogen (secondary N) is 2. The monoisotopic (exact) mass is 569 g/mol. The first kappa shape index (κ1) is 29.2.